The summed E-state index contributed by atoms with van der Waals surface area (Å²) in [4.78, 5) is 66.3. The number of rotatable bonds is 6. The Balaban J connectivity index is 1.75. The average molecular weight is 455 g/mol. The van der Waals surface area contributed by atoms with Crippen molar-refractivity contribution in [2.24, 2.45) is 35.3 Å². The molecule has 4 rings (SSSR count). The van der Waals surface area contributed by atoms with Crippen molar-refractivity contribution < 1.29 is 28.7 Å². The topological polar surface area (TPSA) is 124 Å². The molecule has 5 unspecified atom stereocenters. The third kappa shape index (κ3) is 3.75. The molecule has 0 aromatic heterocycles. The monoisotopic (exact) mass is 454 g/mol. The minimum absolute atomic E-state index is 0.0409. The Kier molecular flexibility index (Phi) is 6.12. The molecule has 1 aromatic rings. The van der Waals surface area contributed by atoms with Gasteiger partial charge in [-0.05, 0) is 48.8 Å². The van der Waals surface area contributed by atoms with Gasteiger partial charge in [0.2, 0.25) is 5.91 Å². The Morgan fingerprint density at radius 1 is 1.06 bits per heavy atom. The Bertz CT molecular complexity index is 1050. The number of carbonyl (C=O) groups is 5. The minimum Gasteiger partial charge on any atom is -0.493 e. The zero-order chi connectivity index (χ0) is 24.0. The molecular formula is C25H30N2O6. The van der Waals surface area contributed by atoms with Crippen LogP contribution < -0.4 is 15.4 Å². The van der Waals surface area contributed by atoms with Gasteiger partial charge in [0.05, 0.1) is 24.0 Å². The highest BCUT2D eigenvalue weighted by molar-refractivity contribution is 6.27. The van der Waals surface area contributed by atoms with Gasteiger partial charge < -0.3 is 15.4 Å². The van der Waals surface area contributed by atoms with Crippen LogP contribution in [0.15, 0.2) is 12.1 Å². The molecule has 2 fully saturated rings. The van der Waals surface area contributed by atoms with Crippen LogP contribution in [0.5, 0.6) is 5.75 Å². The lowest BCUT2D eigenvalue weighted by Crippen LogP contribution is -2.56. The lowest BCUT2D eigenvalue weighted by molar-refractivity contribution is -0.152. The van der Waals surface area contributed by atoms with E-state index >= 15 is 0 Å². The molecule has 0 heterocycles. The minimum atomic E-state index is -1.59. The van der Waals surface area contributed by atoms with Gasteiger partial charge in [-0.15, -0.1) is 0 Å². The molecule has 33 heavy (non-hydrogen) atoms. The van der Waals surface area contributed by atoms with Gasteiger partial charge >= 0.3 is 0 Å². The molecule has 1 amide bonds. The number of anilines is 1. The Morgan fingerprint density at radius 3 is 2.39 bits per heavy atom. The molecule has 0 aliphatic heterocycles. The summed E-state index contributed by atoms with van der Waals surface area (Å²) in [6.07, 6.45) is 2.63. The molecule has 0 radical (unpaired) electrons. The summed E-state index contributed by atoms with van der Waals surface area (Å²) in [6.45, 7) is 2.51. The summed E-state index contributed by atoms with van der Waals surface area (Å²) in [5, 5.41) is 0. The molecular weight excluding hydrogens is 424 g/mol. The van der Waals surface area contributed by atoms with Crippen LogP contribution in [0.3, 0.4) is 0 Å². The van der Waals surface area contributed by atoms with Gasteiger partial charge in [0.15, 0.2) is 29.1 Å². The number of fused-ring (bicyclic) bond motifs is 3. The fourth-order valence-corrected chi connectivity index (χ4v) is 5.83. The predicted octanol–water partition coefficient (Wildman–Crippen LogP) is 1.75. The van der Waals surface area contributed by atoms with E-state index in [0.29, 0.717) is 30.8 Å². The second-order valence-corrected chi connectivity index (χ2v) is 9.62. The zero-order valence-electron chi connectivity index (χ0n) is 19.3. The van der Waals surface area contributed by atoms with E-state index in [1.165, 1.54) is 0 Å². The Labute approximate surface area is 192 Å². The van der Waals surface area contributed by atoms with Crippen LogP contribution in [0.25, 0.3) is 0 Å². The first-order valence-electron chi connectivity index (χ1n) is 11.6. The molecule has 3 aliphatic carbocycles. The number of ether oxygens (including phenoxy) is 1. The van der Waals surface area contributed by atoms with E-state index in [1.54, 1.807) is 6.07 Å². The van der Waals surface area contributed by atoms with Crippen molar-refractivity contribution in [1.29, 1.82) is 0 Å². The normalized spacial score (nSPS) is 28.6. The van der Waals surface area contributed by atoms with Crippen molar-refractivity contribution in [2.45, 2.75) is 39.0 Å². The number of ketones is 4. The molecule has 2 N–H and O–H groups in total. The van der Waals surface area contributed by atoms with E-state index in [-0.39, 0.29) is 18.1 Å². The third-order valence-corrected chi connectivity index (χ3v) is 7.30. The fraction of sp³-hybridized carbons (Fsp3) is 0.560. The highest BCUT2D eigenvalue weighted by atomic mass is 16.5. The summed E-state index contributed by atoms with van der Waals surface area (Å²) in [5.41, 5.74) is 7.42. The van der Waals surface area contributed by atoms with Gasteiger partial charge in [0.1, 0.15) is 5.75 Å². The molecule has 3 aliphatic rings. The second kappa shape index (κ2) is 8.72. The number of nitrogens with two attached hydrogens (primary N) is 1. The lowest BCUT2D eigenvalue weighted by atomic mass is 9.56. The first kappa shape index (κ1) is 23.1. The van der Waals surface area contributed by atoms with Crippen LogP contribution in [0.2, 0.25) is 0 Å². The number of hydrogen-bond donors (Lipinski definition) is 1. The molecule has 0 saturated heterocycles. The SMILES string of the molecule is CCCCOc1ccc(N(C)C)c2c1C(=O)C1C(=O)C3C(=O)C(C(N)=O)C(=O)CC3CC1C2. The maximum absolute atomic E-state index is 13.8. The number of Topliss-reactive ketones (excluding diaryl/α,β-unsaturated/α-hetero) is 4. The number of amides is 1. The maximum Gasteiger partial charge on any atom is 0.235 e. The summed E-state index contributed by atoms with van der Waals surface area (Å²) >= 11 is 0. The highest BCUT2D eigenvalue weighted by Gasteiger charge is 2.57. The van der Waals surface area contributed by atoms with E-state index < -0.39 is 46.9 Å². The van der Waals surface area contributed by atoms with Crippen LogP contribution in [-0.2, 0) is 25.6 Å². The standard InChI is InChI=1S/C25H30N2O6/c1-4-5-8-33-17-7-6-15(27(2)3)14-10-12-9-13-11-16(28)21(25(26)32)24(31)19(13)22(29)18(12)23(30)20(14)17/h6-7,12-13,18-19,21H,4-5,8-11H2,1-3H3,(H2,26,32). The average Bonchev–Trinajstić information content (AvgIpc) is 2.72. The van der Waals surface area contributed by atoms with Gasteiger partial charge in [0, 0.05) is 26.2 Å². The number of primary amides is 1. The number of nitrogens with zero attached hydrogens (tertiary/aromatic N) is 1. The van der Waals surface area contributed by atoms with Crippen molar-refractivity contribution in [3.05, 3.63) is 23.3 Å². The molecule has 1 aromatic carbocycles. The third-order valence-electron chi connectivity index (χ3n) is 7.30. The zero-order valence-corrected chi connectivity index (χ0v) is 19.3. The van der Waals surface area contributed by atoms with Gasteiger partial charge in [-0.2, -0.15) is 0 Å². The van der Waals surface area contributed by atoms with Crippen LogP contribution >= 0.6 is 0 Å². The van der Waals surface area contributed by atoms with Crippen molar-refractivity contribution in [1.82, 2.24) is 0 Å². The first-order valence-corrected chi connectivity index (χ1v) is 11.6. The fourth-order valence-electron chi connectivity index (χ4n) is 5.83. The Morgan fingerprint density at radius 2 is 1.76 bits per heavy atom. The van der Waals surface area contributed by atoms with Crippen molar-refractivity contribution in [3.63, 3.8) is 0 Å². The van der Waals surface area contributed by atoms with E-state index in [0.717, 1.165) is 24.1 Å². The van der Waals surface area contributed by atoms with Crippen LogP contribution in [-0.4, -0.2) is 49.7 Å². The summed E-state index contributed by atoms with van der Waals surface area (Å²) in [6, 6.07) is 3.69. The van der Waals surface area contributed by atoms with Gasteiger partial charge in [0.25, 0.3) is 0 Å². The van der Waals surface area contributed by atoms with Gasteiger partial charge in [-0.3, -0.25) is 24.0 Å². The quantitative estimate of drug-likeness (QED) is 0.513. The molecule has 8 nitrogen and oxygen atoms in total. The summed E-state index contributed by atoms with van der Waals surface area (Å²) in [5.74, 6) is -7.14. The number of benzene rings is 1. The lowest BCUT2D eigenvalue weighted by Gasteiger charge is -2.44. The summed E-state index contributed by atoms with van der Waals surface area (Å²) in [7, 11) is 3.79. The molecule has 0 spiro atoms. The largest absolute Gasteiger partial charge is 0.493 e. The first-order chi connectivity index (χ1) is 15.7. The highest BCUT2D eigenvalue weighted by Crippen LogP contribution is 2.49. The molecule has 5 atom stereocenters. The van der Waals surface area contributed by atoms with E-state index in [1.807, 2.05) is 32.0 Å². The molecule has 176 valence electrons. The Hall–Kier alpha value is -3.03. The van der Waals surface area contributed by atoms with Crippen molar-refractivity contribution >= 4 is 34.7 Å². The number of carbonyl (C=O) groups excluding carboxylic acids is 5. The van der Waals surface area contributed by atoms with Crippen molar-refractivity contribution in [3.8, 4) is 5.75 Å². The molecule has 8 heteroatoms. The molecule has 0 bridgehead atoms. The number of unbranched alkanes of at least 4 members (excludes halogenated alkanes) is 1. The maximum atomic E-state index is 13.8. The van der Waals surface area contributed by atoms with Gasteiger partial charge in [-0.25, -0.2) is 0 Å². The van der Waals surface area contributed by atoms with Crippen LogP contribution in [0, 0.1) is 29.6 Å². The molecule has 2 saturated carbocycles. The second-order valence-electron chi connectivity index (χ2n) is 9.62. The smallest absolute Gasteiger partial charge is 0.235 e. The van der Waals surface area contributed by atoms with E-state index in [9.17, 15) is 24.0 Å². The van der Waals surface area contributed by atoms with Crippen LogP contribution in [0.1, 0.15) is 48.5 Å². The predicted molar refractivity (Wildman–Crippen MR) is 120 cm³/mol. The van der Waals surface area contributed by atoms with Crippen molar-refractivity contribution in [2.75, 3.05) is 25.6 Å². The van der Waals surface area contributed by atoms with Gasteiger partial charge in [-0.1, -0.05) is 13.3 Å². The van der Waals surface area contributed by atoms with Crippen LogP contribution in [0.4, 0.5) is 5.69 Å². The van der Waals surface area contributed by atoms with E-state index in [4.69, 9.17) is 10.5 Å². The summed E-state index contributed by atoms with van der Waals surface area (Å²) < 4.78 is 5.93. The van der Waals surface area contributed by atoms with E-state index in [2.05, 4.69) is 0 Å². The number of hydrogen-bond acceptors (Lipinski definition) is 7.